The molecule has 0 spiro atoms. The van der Waals surface area contributed by atoms with Crippen LogP contribution in [0.3, 0.4) is 0 Å². The highest BCUT2D eigenvalue weighted by atomic mass is 19.3. The standard InChI is InChI=1S/C29H37F2N7O3/c1-36-16-29(30,31)12-20(36)15-41-23-7-6-18-4-2-3-5-21(18)24(23)26-25-22(13-33-26)27(35-17-34-25)37-10-11-38(28(39)40)19(14-37)8-9-32/h2-7,19-20,22,25-27,33-35H,8,10-17H2,1H3,(H,39,40)/t19-,20-,22?,25?,26?,27?/m0/s1. The van der Waals surface area contributed by atoms with Crippen LogP contribution in [0.2, 0.25) is 0 Å². The second-order valence-electron chi connectivity index (χ2n) is 11.7. The Kier molecular flexibility index (Phi) is 7.74. The summed E-state index contributed by atoms with van der Waals surface area (Å²) in [7, 11) is 1.72. The Morgan fingerprint density at radius 2 is 2.00 bits per heavy atom. The Labute approximate surface area is 238 Å². The number of rotatable bonds is 6. The van der Waals surface area contributed by atoms with Gasteiger partial charge in [-0.25, -0.2) is 13.6 Å². The van der Waals surface area contributed by atoms with Crippen molar-refractivity contribution in [2.24, 2.45) is 5.92 Å². The molecule has 4 aliphatic rings. The summed E-state index contributed by atoms with van der Waals surface area (Å²) in [4.78, 5) is 17.1. The summed E-state index contributed by atoms with van der Waals surface area (Å²) >= 11 is 0. The number of carboxylic acid groups (broad SMARTS) is 1. The van der Waals surface area contributed by atoms with Crippen molar-refractivity contribution in [3.8, 4) is 11.8 Å². The molecule has 4 N–H and O–H groups in total. The number of amides is 1. The summed E-state index contributed by atoms with van der Waals surface area (Å²) in [5, 5.41) is 32.0. The minimum atomic E-state index is -2.70. The summed E-state index contributed by atoms with van der Waals surface area (Å²) in [6.07, 6.45) is -1.04. The van der Waals surface area contributed by atoms with Gasteiger partial charge in [0.1, 0.15) is 12.4 Å². The van der Waals surface area contributed by atoms with Gasteiger partial charge in [0.2, 0.25) is 0 Å². The number of hydrogen-bond acceptors (Lipinski definition) is 8. The maximum Gasteiger partial charge on any atom is 0.407 e. The van der Waals surface area contributed by atoms with Crippen LogP contribution in [0.5, 0.6) is 5.75 Å². The molecule has 2 aromatic rings. The average Bonchev–Trinajstić information content (AvgIpc) is 3.50. The Morgan fingerprint density at radius 1 is 1.17 bits per heavy atom. The van der Waals surface area contributed by atoms with Gasteiger partial charge in [0.25, 0.3) is 5.92 Å². The topological polar surface area (TPSA) is 116 Å². The van der Waals surface area contributed by atoms with E-state index in [1.54, 1.807) is 11.9 Å². The molecule has 0 aromatic heterocycles. The summed E-state index contributed by atoms with van der Waals surface area (Å²) in [5.41, 5.74) is 1.02. The smallest absolute Gasteiger partial charge is 0.407 e. The highest BCUT2D eigenvalue weighted by molar-refractivity contribution is 5.88. The average molecular weight is 570 g/mol. The molecule has 2 aromatic carbocycles. The van der Waals surface area contributed by atoms with Gasteiger partial charge < -0.3 is 20.1 Å². The number of nitrogens with zero attached hydrogens (tertiary/aromatic N) is 4. The zero-order valence-electron chi connectivity index (χ0n) is 23.1. The third-order valence-corrected chi connectivity index (χ3v) is 9.24. The number of hydrogen-bond donors (Lipinski definition) is 4. The minimum Gasteiger partial charge on any atom is -0.492 e. The molecule has 4 fully saturated rings. The van der Waals surface area contributed by atoms with E-state index in [0.29, 0.717) is 32.1 Å². The molecule has 4 heterocycles. The van der Waals surface area contributed by atoms with Gasteiger partial charge in [-0.15, -0.1) is 0 Å². The fourth-order valence-electron chi connectivity index (χ4n) is 7.27. The lowest BCUT2D eigenvalue weighted by Gasteiger charge is -2.48. The Bertz CT molecular complexity index is 1320. The normalized spacial score (nSPS) is 32.1. The van der Waals surface area contributed by atoms with Crippen molar-refractivity contribution in [1.82, 2.24) is 30.7 Å². The van der Waals surface area contributed by atoms with Crippen LogP contribution in [0.4, 0.5) is 13.6 Å². The van der Waals surface area contributed by atoms with Crippen LogP contribution < -0.4 is 20.7 Å². The number of likely N-dealkylation sites (N-methyl/N-ethyl adjacent to an activating group) is 1. The number of benzene rings is 2. The lowest BCUT2D eigenvalue weighted by atomic mass is 9.87. The highest BCUT2D eigenvalue weighted by Crippen LogP contribution is 2.41. The number of halogens is 2. The number of ether oxygens (including phenoxy) is 1. The third-order valence-electron chi connectivity index (χ3n) is 9.24. The Hall–Kier alpha value is -3.08. The molecule has 12 heteroatoms. The van der Waals surface area contributed by atoms with E-state index in [2.05, 4.69) is 39.1 Å². The first-order valence-corrected chi connectivity index (χ1v) is 14.3. The number of alkyl halides is 2. The van der Waals surface area contributed by atoms with Gasteiger partial charge in [-0.1, -0.05) is 30.3 Å². The van der Waals surface area contributed by atoms with Crippen molar-refractivity contribution in [1.29, 1.82) is 5.26 Å². The predicted molar refractivity (Wildman–Crippen MR) is 149 cm³/mol. The van der Waals surface area contributed by atoms with Gasteiger partial charge in [0.15, 0.2) is 0 Å². The van der Waals surface area contributed by atoms with Crippen LogP contribution in [-0.4, -0.2) is 109 Å². The third kappa shape index (κ3) is 5.45. The summed E-state index contributed by atoms with van der Waals surface area (Å²) in [6.45, 7) is 2.67. The molecule has 1 amide bonds. The van der Waals surface area contributed by atoms with Crippen LogP contribution >= 0.6 is 0 Å². The quantitative estimate of drug-likeness (QED) is 0.416. The van der Waals surface area contributed by atoms with E-state index in [9.17, 15) is 23.9 Å². The van der Waals surface area contributed by atoms with E-state index in [1.807, 2.05) is 24.3 Å². The van der Waals surface area contributed by atoms with Crippen molar-refractivity contribution in [3.05, 3.63) is 42.0 Å². The number of nitrogens with one attached hydrogen (secondary N) is 3. The molecular formula is C29H37F2N7O3. The number of carbonyl (C=O) groups is 1. The molecule has 220 valence electrons. The lowest BCUT2D eigenvalue weighted by molar-refractivity contribution is 0.00820. The van der Waals surface area contributed by atoms with E-state index >= 15 is 0 Å². The monoisotopic (exact) mass is 569 g/mol. The molecule has 0 bridgehead atoms. The Morgan fingerprint density at radius 3 is 2.76 bits per heavy atom. The van der Waals surface area contributed by atoms with Crippen molar-refractivity contribution in [2.45, 2.75) is 49.1 Å². The van der Waals surface area contributed by atoms with Crippen LogP contribution in [0, 0.1) is 17.2 Å². The summed E-state index contributed by atoms with van der Waals surface area (Å²) < 4.78 is 34.4. The lowest BCUT2D eigenvalue weighted by Crippen LogP contribution is -2.67. The van der Waals surface area contributed by atoms with Crippen molar-refractivity contribution in [2.75, 3.05) is 53.0 Å². The van der Waals surface area contributed by atoms with Crippen LogP contribution in [0.25, 0.3) is 10.8 Å². The van der Waals surface area contributed by atoms with Gasteiger partial charge in [0.05, 0.1) is 37.3 Å². The van der Waals surface area contributed by atoms with Gasteiger partial charge >= 0.3 is 6.09 Å². The molecule has 41 heavy (non-hydrogen) atoms. The second kappa shape index (κ2) is 11.3. The fraction of sp³-hybridized carbons (Fsp3) is 0.586. The SMILES string of the molecule is CN1CC(F)(F)C[C@H]1COc1ccc2ccccc2c1C1NCC2C1NCNC2N1CCN(C(=O)O)[C@@H](CC#N)C1. The van der Waals surface area contributed by atoms with E-state index in [0.717, 1.165) is 22.9 Å². The fourth-order valence-corrected chi connectivity index (χ4v) is 7.27. The molecule has 4 saturated heterocycles. The first-order valence-electron chi connectivity index (χ1n) is 14.3. The van der Waals surface area contributed by atoms with Gasteiger partial charge in [-0.05, 0) is 23.9 Å². The molecule has 6 rings (SSSR count). The van der Waals surface area contributed by atoms with Crippen LogP contribution in [0.15, 0.2) is 36.4 Å². The maximum atomic E-state index is 14.0. The number of likely N-dealkylation sites (tertiary alicyclic amines) is 1. The minimum absolute atomic E-state index is 0.00426. The predicted octanol–water partition coefficient (Wildman–Crippen LogP) is 2.24. The zero-order chi connectivity index (χ0) is 28.7. The van der Waals surface area contributed by atoms with Gasteiger partial charge in [-0.3, -0.25) is 20.4 Å². The van der Waals surface area contributed by atoms with E-state index in [1.165, 1.54) is 4.90 Å². The number of nitriles is 1. The molecule has 4 aliphatic heterocycles. The van der Waals surface area contributed by atoms with Crippen LogP contribution in [-0.2, 0) is 0 Å². The summed E-state index contributed by atoms with van der Waals surface area (Å²) in [5.74, 6) is -1.84. The summed E-state index contributed by atoms with van der Waals surface area (Å²) in [6, 6.07) is 13.5. The van der Waals surface area contributed by atoms with Crippen molar-refractivity contribution >= 4 is 16.9 Å². The number of fused-ring (bicyclic) bond motifs is 2. The highest BCUT2D eigenvalue weighted by Gasteiger charge is 2.48. The van der Waals surface area contributed by atoms with Gasteiger partial charge in [-0.2, -0.15) is 5.26 Å². The van der Waals surface area contributed by atoms with Crippen molar-refractivity contribution < 1.29 is 23.4 Å². The zero-order valence-corrected chi connectivity index (χ0v) is 23.1. The molecule has 4 unspecified atom stereocenters. The first-order chi connectivity index (χ1) is 19.8. The van der Waals surface area contributed by atoms with E-state index in [-0.39, 0.29) is 62.2 Å². The van der Waals surface area contributed by atoms with Crippen molar-refractivity contribution in [3.63, 3.8) is 0 Å². The van der Waals surface area contributed by atoms with Gasteiger partial charge in [0, 0.05) is 62.8 Å². The van der Waals surface area contributed by atoms with Crippen LogP contribution in [0.1, 0.15) is 24.4 Å². The largest absolute Gasteiger partial charge is 0.492 e. The Balaban J connectivity index is 1.25. The van der Waals surface area contributed by atoms with E-state index < -0.39 is 12.0 Å². The molecule has 0 radical (unpaired) electrons. The van der Waals surface area contributed by atoms with E-state index in [4.69, 9.17) is 4.74 Å². The first kappa shape index (κ1) is 28.1. The molecule has 0 saturated carbocycles. The maximum absolute atomic E-state index is 14.0. The molecule has 0 aliphatic carbocycles. The number of piperazine rings is 1. The molecule has 10 nitrogen and oxygen atoms in total. The second-order valence-corrected chi connectivity index (χ2v) is 11.7. The molecule has 6 atom stereocenters. The molecular weight excluding hydrogens is 532 g/mol.